The standard InChI is InChI=1S/C12H11F3N2O.C2H6/c1-9-6-16-17(7-9)8-10-2-4-11(5-3-10)18-12(13,14)15;1-2/h2-7H,8H2,1H3;1-2H3. The average molecular weight is 286 g/mol. The maximum absolute atomic E-state index is 12.0. The van der Waals surface area contributed by atoms with Gasteiger partial charge in [-0.1, -0.05) is 26.0 Å². The SMILES string of the molecule is CC.Cc1cnn(Cc2ccc(OC(F)(F)F)cc2)c1. The van der Waals surface area contributed by atoms with Gasteiger partial charge in [0.25, 0.3) is 0 Å². The summed E-state index contributed by atoms with van der Waals surface area (Å²) in [6.07, 6.45) is -1.07. The van der Waals surface area contributed by atoms with Gasteiger partial charge >= 0.3 is 6.36 Å². The normalized spacial score (nSPS) is 10.7. The number of hydrogen-bond acceptors (Lipinski definition) is 2. The fraction of sp³-hybridized carbons (Fsp3) is 0.357. The number of hydrogen-bond donors (Lipinski definition) is 0. The first-order valence-electron chi connectivity index (χ1n) is 6.26. The molecule has 2 rings (SSSR count). The van der Waals surface area contributed by atoms with Gasteiger partial charge < -0.3 is 4.74 Å². The molecule has 0 saturated carbocycles. The van der Waals surface area contributed by atoms with Gasteiger partial charge in [-0.3, -0.25) is 4.68 Å². The summed E-state index contributed by atoms with van der Waals surface area (Å²) in [6, 6.07) is 5.74. The van der Waals surface area contributed by atoms with Crippen molar-refractivity contribution in [3.05, 3.63) is 47.8 Å². The van der Waals surface area contributed by atoms with Crippen LogP contribution in [0.25, 0.3) is 0 Å². The third-order valence-electron chi connectivity index (χ3n) is 2.26. The third kappa shape index (κ3) is 5.34. The number of ether oxygens (including phenoxy) is 1. The molecule has 20 heavy (non-hydrogen) atoms. The van der Waals surface area contributed by atoms with E-state index in [9.17, 15) is 13.2 Å². The summed E-state index contributed by atoms with van der Waals surface area (Å²) in [7, 11) is 0. The zero-order valence-corrected chi connectivity index (χ0v) is 11.6. The molecule has 0 aliphatic carbocycles. The van der Waals surface area contributed by atoms with Crippen molar-refractivity contribution in [1.29, 1.82) is 0 Å². The van der Waals surface area contributed by atoms with Crippen molar-refractivity contribution < 1.29 is 17.9 Å². The van der Waals surface area contributed by atoms with E-state index in [1.165, 1.54) is 12.1 Å². The molecule has 1 aromatic heterocycles. The Morgan fingerprint density at radius 3 is 2.20 bits per heavy atom. The maximum atomic E-state index is 12.0. The lowest BCUT2D eigenvalue weighted by Crippen LogP contribution is -2.17. The predicted octanol–water partition coefficient (Wildman–Crippen LogP) is 4.16. The van der Waals surface area contributed by atoms with E-state index < -0.39 is 6.36 Å². The second kappa shape index (κ2) is 6.98. The highest BCUT2D eigenvalue weighted by atomic mass is 19.4. The van der Waals surface area contributed by atoms with Crippen molar-refractivity contribution in [2.45, 2.75) is 33.7 Å². The Morgan fingerprint density at radius 2 is 1.75 bits per heavy atom. The topological polar surface area (TPSA) is 27.1 Å². The Labute approximate surface area is 116 Å². The van der Waals surface area contributed by atoms with E-state index >= 15 is 0 Å². The number of aryl methyl sites for hydroxylation is 1. The van der Waals surface area contributed by atoms with Gasteiger partial charge in [-0.15, -0.1) is 13.2 Å². The van der Waals surface area contributed by atoms with Gasteiger partial charge in [-0.05, 0) is 30.2 Å². The van der Waals surface area contributed by atoms with Crippen molar-refractivity contribution in [1.82, 2.24) is 9.78 Å². The maximum Gasteiger partial charge on any atom is 0.573 e. The Kier molecular flexibility index (Phi) is 5.61. The largest absolute Gasteiger partial charge is 0.573 e. The molecular weight excluding hydrogens is 269 g/mol. The van der Waals surface area contributed by atoms with Gasteiger partial charge in [0.1, 0.15) is 5.75 Å². The Morgan fingerprint density at radius 1 is 1.15 bits per heavy atom. The van der Waals surface area contributed by atoms with Gasteiger partial charge in [0.15, 0.2) is 0 Å². The highest BCUT2D eigenvalue weighted by Gasteiger charge is 2.30. The van der Waals surface area contributed by atoms with Crippen LogP contribution in [-0.2, 0) is 6.54 Å². The minimum absolute atomic E-state index is 0.220. The van der Waals surface area contributed by atoms with E-state index in [4.69, 9.17) is 0 Å². The average Bonchev–Trinajstić information content (AvgIpc) is 2.78. The molecule has 2 aromatic rings. The molecule has 1 aromatic carbocycles. The lowest BCUT2D eigenvalue weighted by Gasteiger charge is -2.09. The van der Waals surface area contributed by atoms with Crippen LogP contribution in [-0.4, -0.2) is 16.1 Å². The first kappa shape index (κ1) is 16.1. The number of aromatic nitrogens is 2. The van der Waals surface area contributed by atoms with Crippen LogP contribution in [0.5, 0.6) is 5.75 Å². The number of nitrogens with zero attached hydrogens (tertiary/aromatic N) is 2. The van der Waals surface area contributed by atoms with Crippen molar-refractivity contribution in [3.63, 3.8) is 0 Å². The van der Waals surface area contributed by atoms with Gasteiger partial charge in [-0.2, -0.15) is 5.10 Å². The van der Waals surface area contributed by atoms with Crippen molar-refractivity contribution in [3.8, 4) is 5.75 Å². The molecule has 0 N–H and O–H groups in total. The fourth-order valence-electron chi connectivity index (χ4n) is 1.54. The van der Waals surface area contributed by atoms with Crippen LogP contribution >= 0.6 is 0 Å². The smallest absolute Gasteiger partial charge is 0.406 e. The molecule has 3 nitrogen and oxygen atoms in total. The Hall–Kier alpha value is -1.98. The summed E-state index contributed by atoms with van der Waals surface area (Å²) in [6.45, 7) is 6.43. The van der Waals surface area contributed by atoms with Crippen LogP contribution in [0.15, 0.2) is 36.7 Å². The molecule has 0 bridgehead atoms. The van der Waals surface area contributed by atoms with E-state index in [2.05, 4.69) is 9.84 Å². The van der Waals surface area contributed by atoms with E-state index in [-0.39, 0.29) is 5.75 Å². The second-order valence-corrected chi connectivity index (χ2v) is 3.91. The highest BCUT2D eigenvalue weighted by molar-refractivity contribution is 5.27. The summed E-state index contributed by atoms with van der Waals surface area (Å²) < 4.78 is 41.4. The quantitative estimate of drug-likeness (QED) is 0.847. The molecule has 0 aliphatic rings. The van der Waals surface area contributed by atoms with Crippen molar-refractivity contribution >= 4 is 0 Å². The zero-order chi connectivity index (χ0) is 15.2. The van der Waals surface area contributed by atoms with Crippen LogP contribution in [0, 0.1) is 6.92 Å². The lowest BCUT2D eigenvalue weighted by molar-refractivity contribution is -0.274. The van der Waals surface area contributed by atoms with Gasteiger partial charge in [-0.25, -0.2) is 0 Å². The van der Waals surface area contributed by atoms with Crippen LogP contribution < -0.4 is 4.74 Å². The monoisotopic (exact) mass is 286 g/mol. The van der Waals surface area contributed by atoms with E-state index in [0.29, 0.717) is 6.54 Å². The molecule has 0 fully saturated rings. The molecule has 6 heteroatoms. The summed E-state index contributed by atoms with van der Waals surface area (Å²) in [5.74, 6) is -0.220. The summed E-state index contributed by atoms with van der Waals surface area (Å²) >= 11 is 0. The molecule has 0 amide bonds. The lowest BCUT2D eigenvalue weighted by atomic mass is 10.2. The number of halogens is 3. The first-order valence-corrected chi connectivity index (χ1v) is 6.26. The van der Waals surface area contributed by atoms with Gasteiger partial charge in [0.05, 0.1) is 12.7 Å². The van der Waals surface area contributed by atoms with Gasteiger partial charge in [0.2, 0.25) is 0 Å². The van der Waals surface area contributed by atoms with Crippen LogP contribution in [0.3, 0.4) is 0 Å². The van der Waals surface area contributed by atoms with Gasteiger partial charge in [0, 0.05) is 6.20 Å². The Bertz CT molecular complexity index is 518. The van der Waals surface area contributed by atoms with Crippen LogP contribution in [0.2, 0.25) is 0 Å². The molecule has 0 unspecified atom stereocenters. The van der Waals surface area contributed by atoms with Crippen molar-refractivity contribution in [2.24, 2.45) is 0 Å². The van der Waals surface area contributed by atoms with Crippen LogP contribution in [0.1, 0.15) is 25.0 Å². The highest BCUT2D eigenvalue weighted by Crippen LogP contribution is 2.22. The summed E-state index contributed by atoms with van der Waals surface area (Å²) in [5.41, 5.74) is 1.89. The van der Waals surface area contributed by atoms with E-state index in [1.807, 2.05) is 27.0 Å². The molecule has 1 heterocycles. The molecule has 0 spiro atoms. The number of benzene rings is 1. The van der Waals surface area contributed by atoms with E-state index in [1.54, 1.807) is 23.0 Å². The molecule has 110 valence electrons. The third-order valence-corrected chi connectivity index (χ3v) is 2.26. The second-order valence-electron chi connectivity index (χ2n) is 3.91. The predicted molar refractivity (Wildman–Crippen MR) is 70.5 cm³/mol. The minimum Gasteiger partial charge on any atom is -0.406 e. The zero-order valence-electron chi connectivity index (χ0n) is 11.6. The molecule has 0 aliphatic heterocycles. The number of alkyl halides is 3. The van der Waals surface area contributed by atoms with Crippen LogP contribution in [0.4, 0.5) is 13.2 Å². The first-order chi connectivity index (χ1) is 9.42. The van der Waals surface area contributed by atoms with E-state index in [0.717, 1.165) is 11.1 Å². The Balaban J connectivity index is 0.000000956. The molecular formula is C14H17F3N2O. The number of rotatable bonds is 3. The molecule has 0 radical (unpaired) electrons. The molecule has 0 atom stereocenters. The molecule has 0 saturated heterocycles. The summed E-state index contributed by atoms with van der Waals surface area (Å²) in [5, 5.41) is 4.10. The summed E-state index contributed by atoms with van der Waals surface area (Å²) in [4.78, 5) is 0. The fourth-order valence-corrected chi connectivity index (χ4v) is 1.54. The van der Waals surface area contributed by atoms with Crippen molar-refractivity contribution in [2.75, 3.05) is 0 Å². The minimum atomic E-state index is -4.65.